The van der Waals surface area contributed by atoms with Gasteiger partial charge in [-0.3, -0.25) is 9.78 Å². The molecule has 5 rings (SSSR count). The number of hydrogen-bond acceptors (Lipinski definition) is 9. The minimum absolute atomic E-state index is 0.0229. The first kappa shape index (κ1) is 26.1. The van der Waals surface area contributed by atoms with Crippen molar-refractivity contribution in [2.24, 2.45) is 5.92 Å². The fourth-order valence-electron chi connectivity index (χ4n) is 5.06. The first-order valence-electron chi connectivity index (χ1n) is 12.8. The van der Waals surface area contributed by atoms with E-state index in [1.807, 2.05) is 39.8 Å². The number of anilines is 2. The number of thiazole rings is 1. The van der Waals surface area contributed by atoms with Crippen LogP contribution in [0, 0.1) is 33.6 Å². The van der Waals surface area contributed by atoms with Gasteiger partial charge in [-0.15, -0.1) is 11.3 Å². The number of rotatable bonds is 8. The third-order valence-electron chi connectivity index (χ3n) is 7.01. The lowest BCUT2D eigenvalue weighted by molar-refractivity contribution is -0.117. The van der Waals surface area contributed by atoms with Crippen molar-refractivity contribution in [3.63, 3.8) is 0 Å². The summed E-state index contributed by atoms with van der Waals surface area (Å²) < 4.78 is 16.7. The van der Waals surface area contributed by atoms with Gasteiger partial charge in [0.25, 0.3) is 0 Å². The van der Waals surface area contributed by atoms with Crippen molar-refractivity contribution in [2.75, 3.05) is 31.0 Å². The van der Waals surface area contributed by atoms with E-state index in [1.165, 1.54) is 0 Å². The molecule has 1 aromatic carbocycles. The number of fused-ring (bicyclic) bond motifs is 1. The third kappa shape index (κ3) is 5.37. The van der Waals surface area contributed by atoms with E-state index in [2.05, 4.69) is 20.8 Å². The molecule has 1 amide bonds. The topological polar surface area (TPSA) is 111 Å². The van der Waals surface area contributed by atoms with Crippen LogP contribution in [-0.4, -0.2) is 41.4 Å². The van der Waals surface area contributed by atoms with E-state index < -0.39 is 0 Å². The molecular formula is C28H33N5O4S. The molecule has 1 aliphatic rings. The molecule has 10 heteroatoms. The summed E-state index contributed by atoms with van der Waals surface area (Å²) in [6, 6.07) is 3.95. The highest BCUT2D eigenvalue weighted by Gasteiger charge is 2.22. The monoisotopic (exact) mass is 535 g/mol. The van der Waals surface area contributed by atoms with Crippen molar-refractivity contribution in [2.45, 2.75) is 53.5 Å². The van der Waals surface area contributed by atoms with Crippen LogP contribution in [-0.2, 0) is 16.1 Å². The molecule has 200 valence electrons. The standard InChI is InChI=1S/C28H33N5O4S/c1-15-25(38-18(4)31-15)14-30-28-20-12-24(35-5)21(27-16(2)33-37-17(27)3)11-22(20)29-13-23(28)32-26(34)10-19-6-8-36-9-7-19/h11-13,19H,6-10,14H2,1-5H3,(H,29,30)(H,32,34). The Hall–Kier alpha value is -3.50. The Morgan fingerprint density at radius 3 is 2.61 bits per heavy atom. The summed E-state index contributed by atoms with van der Waals surface area (Å²) in [4.78, 5) is 23.5. The number of aromatic nitrogens is 3. The summed E-state index contributed by atoms with van der Waals surface area (Å²) in [7, 11) is 1.65. The molecule has 38 heavy (non-hydrogen) atoms. The average Bonchev–Trinajstić information content (AvgIpc) is 3.41. The SMILES string of the molecule is COc1cc2c(NCc3sc(C)nc3C)c(NC(=O)CC3CCOCC3)cnc2cc1-c1c(C)noc1C. The molecule has 2 N–H and O–H groups in total. The predicted octanol–water partition coefficient (Wildman–Crippen LogP) is 5.96. The second-order valence-electron chi connectivity index (χ2n) is 9.72. The number of pyridine rings is 1. The molecule has 0 saturated carbocycles. The van der Waals surface area contributed by atoms with E-state index in [0.717, 1.165) is 61.8 Å². The van der Waals surface area contributed by atoms with Gasteiger partial charge in [0.05, 0.1) is 58.7 Å². The number of ether oxygens (including phenoxy) is 2. The summed E-state index contributed by atoms with van der Waals surface area (Å²) in [5.41, 5.74) is 5.74. The first-order chi connectivity index (χ1) is 18.3. The van der Waals surface area contributed by atoms with Crippen LogP contribution >= 0.6 is 11.3 Å². The molecule has 4 aromatic rings. The Kier molecular flexibility index (Phi) is 7.62. The van der Waals surface area contributed by atoms with Crippen molar-refractivity contribution in [3.05, 3.63) is 45.4 Å². The maximum atomic E-state index is 13.1. The highest BCUT2D eigenvalue weighted by Crippen LogP contribution is 2.41. The normalized spacial score (nSPS) is 14.1. The van der Waals surface area contributed by atoms with Gasteiger partial charge in [-0.2, -0.15) is 0 Å². The molecule has 3 aromatic heterocycles. The fourth-order valence-corrected chi connectivity index (χ4v) is 5.93. The molecule has 0 bridgehead atoms. The van der Waals surface area contributed by atoms with Crippen molar-refractivity contribution in [1.29, 1.82) is 0 Å². The van der Waals surface area contributed by atoms with Crippen LogP contribution in [0.5, 0.6) is 5.75 Å². The van der Waals surface area contributed by atoms with Crippen LogP contribution in [0.1, 0.15) is 46.3 Å². The lowest BCUT2D eigenvalue weighted by Gasteiger charge is -2.22. The molecule has 0 spiro atoms. The van der Waals surface area contributed by atoms with Crippen LogP contribution in [0.3, 0.4) is 0 Å². The van der Waals surface area contributed by atoms with Crippen LogP contribution in [0.4, 0.5) is 11.4 Å². The molecule has 1 saturated heterocycles. The van der Waals surface area contributed by atoms with Gasteiger partial charge in [-0.05, 0) is 58.6 Å². The zero-order chi connectivity index (χ0) is 26.8. The molecular weight excluding hydrogens is 502 g/mol. The number of nitrogens with zero attached hydrogens (tertiary/aromatic N) is 3. The number of carbonyl (C=O) groups excluding carboxylic acids is 1. The second kappa shape index (κ2) is 11.1. The fraction of sp³-hybridized carbons (Fsp3) is 0.429. The summed E-state index contributed by atoms with van der Waals surface area (Å²) in [5.74, 6) is 1.69. The van der Waals surface area contributed by atoms with Gasteiger partial charge < -0.3 is 24.6 Å². The number of methoxy groups -OCH3 is 1. The highest BCUT2D eigenvalue weighted by atomic mass is 32.1. The lowest BCUT2D eigenvalue weighted by atomic mass is 9.96. The Morgan fingerprint density at radius 2 is 1.95 bits per heavy atom. The minimum Gasteiger partial charge on any atom is -0.496 e. The smallest absolute Gasteiger partial charge is 0.224 e. The maximum Gasteiger partial charge on any atom is 0.224 e. The summed E-state index contributed by atoms with van der Waals surface area (Å²) >= 11 is 1.66. The van der Waals surface area contributed by atoms with Gasteiger partial charge in [-0.25, -0.2) is 4.98 Å². The predicted molar refractivity (Wildman–Crippen MR) is 149 cm³/mol. The van der Waals surface area contributed by atoms with E-state index in [9.17, 15) is 4.79 Å². The van der Waals surface area contributed by atoms with E-state index >= 15 is 0 Å². The minimum atomic E-state index is -0.0229. The number of hydrogen-bond donors (Lipinski definition) is 2. The van der Waals surface area contributed by atoms with Crippen LogP contribution in [0.25, 0.3) is 22.0 Å². The first-order valence-corrected chi connectivity index (χ1v) is 13.6. The molecule has 1 fully saturated rings. The second-order valence-corrected chi connectivity index (χ2v) is 11.0. The van der Waals surface area contributed by atoms with Gasteiger partial charge >= 0.3 is 0 Å². The lowest BCUT2D eigenvalue weighted by Crippen LogP contribution is -2.22. The molecule has 0 radical (unpaired) electrons. The van der Waals surface area contributed by atoms with Gasteiger partial charge in [-0.1, -0.05) is 5.16 Å². The van der Waals surface area contributed by atoms with E-state index in [1.54, 1.807) is 24.6 Å². The van der Waals surface area contributed by atoms with Gasteiger partial charge in [0.1, 0.15) is 11.5 Å². The summed E-state index contributed by atoms with van der Waals surface area (Å²) in [6.07, 6.45) is 3.99. The number of nitrogens with one attached hydrogen (secondary N) is 2. The van der Waals surface area contributed by atoms with Gasteiger partial charge in [0.15, 0.2) is 0 Å². The molecule has 0 atom stereocenters. The molecule has 9 nitrogen and oxygen atoms in total. The summed E-state index contributed by atoms with van der Waals surface area (Å²) in [5, 5.41) is 12.7. The van der Waals surface area contributed by atoms with Crippen molar-refractivity contribution in [3.8, 4) is 16.9 Å². The Labute approximate surface area is 225 Å². The zero-order valence-electron chi connectivity index (χ0n) is 22.4. The van der Waals surface area contributed by atoms with E-state index in [0.29, 0.717) is 49.3 Å². The van der Waals surface area contributed by atoms with Crippen molar-refractivity contribution >= 4 is 39.5 Å². The van der Waals surface area contributed by atoms with Crippen molar-refractivity contribution in [1.82, 2.24) is 15.1 Å². The zero-order valence-corrected chi connectivity index (χ0v) is 23.3. The van der Waals surface area contributed by atoms with Crippen LogP contribution in [0.2, 0.25) is 0 Å². The molecule has 0 unspecified atom stereocenters. The molecule has 1 aliphatic heterocycles. The maximum absolute atomic E-state index is 13.1. The van der Waals surface area contributed by atoms with E-state index in [-0.39, 0.29) is 5.91 Å². The number of benzene rings is 1. The Balaban J connectivity index is 1.54. The Morgan fingerprint density at radius 1 is 1.16 bits per heavy atom. The largest absolute Gasteiger partial charge is 0.496 e. The quantitative estimate of drug-likeness (QED) is 0.284. The van der Waals surface area contributed by atoms with Crippen molar-refractivity contribution < 1.29 is 18.8 Å². The number of aryl methyl sites for hydroxylation is 4. The Bertz CT molecular complexity index is 1450. The number of amides is 1. The van der Waals surface area contributed by atoms with Crippen LogP contribution in [0.15, 0.2) is 22.9 Å². The van der Waals surface area contributed by atoms with Gasteiger partial charge in [0.2, 0.25) is 5.91 Å². The molecule has 0 aliphatic carbocycles. The van der Waals surface area contributed by atoms with Crippen LogP contribution < -0.4 is 15.4 Å². The summed E-state index contributed by atoms with van der Waals surface area (Å²) in [6.45, 7) is 9.81. The average molecular weight is 536 g/mol. The highest BCUT2D eigenvalue weighted by molar-refractivity contribution is 7.11. The molecule has 4 heterocycles. The van der Waals surface area contributed by atoms with E-state index in [4.69, 9.17) is 19.0 Å². The number of carbonyl (C=O) groups is 1. The third-order valence-corrected chi connectivity index (χ3v) is 8.08. The van der Waals surface area contributed by atoms with Gasteiger partial charge in [0, 0.05) is 35.5 Å².